The minimum Gasteiger partial charge on any atom is -0.343 e. The van der Waals surface area contributed by atoms with Gasteiger partial charge in [-0.15, -0.1) is 0 Å². The number of nitrogens with zero attached hydrogens (tertiary/aromatic N) is 2. The van der Waals surface area contributed by atoms with Gasteiger partial charge in [0.15, 0.2) is 5.65 Å². The third-order valence-corrected chi connectivity index (χ3v) is 1.49. The number of amides is 1. The highest BCUT2D eigenvalue weighted by molar-refractivity contribution is 5.76. The molecule has 0 atom stereocenters. The van der Waals surface area contributed by atoms with Gasteiger partial charge in [0.2, 0.25) is 6.41 Å². The minimum absolute atomic E-state index is 0.504. The Morgan fingerprint density at radius 3 is 3.25 bits per heavy atom. The van der Waals surface area contributed by atoms with Gasteiger partial charge in [-0.1, -0.05) is 0 Å². The maximum Gasteiger partial charge on any atom is 0.212 e. The molecule has 2 aromatic rings. The van der Waals surface area contributed by atoms with E-state index in [9.17, 15) is 4.79 Å². The molecule has 2 aromatic heterocycles. The Hall–Kier alpha value is -1.91. The Bertz CT molecular complexity index is 408. The fourth-order valence-corrected chi connectivity index (χ4v) is 0.963. The highest BCUT2D eigenvalue weighted by Crippen LogP contribution is 2.09. The zero-order valence-electron chi connectivity index (χ0n) is 6.11. The third kappa shape index (κ3) is 1.01. The Balaban J connectivity index is 2.52. The van der Waals surface area contributed by atoms with Crippen LogP contribution in [0, 0.1) is 0 Å². The van der Waals surface area contributed by atoms with Crippen LogP contribution < -0.4 is 5.32 Å². The Labute approximate surface area is 67.8 Å². The summed E-state index contributed by atoms with van der Waals surface area (Å²) in [6, 6.07) is 3.51. The van der Waals surface area contributed by atoms with Gasteiger partial charge >= 0.3 is 0 Å². The van der Waals surface area contributed by atoms with Crippen molar-refractivity contribution in [1.29, 1.82) is 0 Å². The summed E-state index contributed by atoms with van der Waals surface area (Å²) in [6.07, 6.45) is 2.14. The average Bonchev–Trinajstić information content (AvgIpc) is 2.51. The van der Waals surface area contributed by atoms with Gasteiger partial charge < -0.3 is 10.3 Å². The maximum atomic E-state index is 10.1. The van der Waals surface area contributed by atoms with Crippen molar-refractivity contribution in [3.8, 4) is 0 Å². The van der Waals surface area contributed by atoms with E-state index in [0.29, 0.717) is 17.9 Å². The summed E-state index contributed by atoms with van der Waals surface area (Å²) in [5, 5.41) is 2.44. The summed E-state index contributed by atoms with van der Waals surface area (Å²) in [7, 11) is 0. The number of H-pyrrole nitrogens is 1. The number of imidazole rings is 1. The number of aromatic nitrogens is 3. The molecule has 2 rings (SSSR count). The molecule has 0 saturated carbocycles. The molecule has 60 valence electrons. The first-order valence-corrected chi connectivity index (χ1v) is 3.40. The molecule has 2 N–H and O–H groups in total. The van der Waals surface area contributed by atoms with Crippen molar-refractivity contribution in [2.45, 2.75) is 0 Å². The van der Waals surface area contributed by atoms with E-state index < -0.39 is 0 Å². The van der Waals surface area contributed by atoms with Gasteiger partial charge in [-0.3, -0.25) is 4.79 Å². The predicted molar refractivity (Wildman–Crippen MR) is 43.6 cm³/mol. The molecule has 0 fully saturated rings. The zero-order chi connectivity index (χ0) is 8.39. The molecule has 0 aliphatic heterocycles. The first-order chi connectivity index (χ1) is 5.90. The summed E-state index contributed by atoms with van der Waals surface area (Å²) >= 11 is 0. The summed E-state index contributed by atoms with van der Waals surface area (Å²) in [4.78, 5) is 20.9. The van der Waals surface area contributed by atoms with Crippen LogP contribution in [-0.2, 0) is 4.79 Å². The Morgan fingerprint density at radius 2 is 2.42 bits per heavy atom. The van der Waals surface area contributed by atoms with Gasteiger partial charge in [0.05, 0.1) is 11.8 Å². The van der Waals surface area contributed by atoms with Crippen molar-refractivity contribution >= 4 is 23.4 Å². The molecule has 0 aromatic carbocycles. The van der Waals surface area contributed by atoms with E-state index in [-0.39, 0.29) is 0 Å². The number of nitrogens with one attached hydrogen (secondary N) is 2. The van der Waals surface area contributed by atoms with Crippen LogP contribution in [0.2, 0.25) is 0 Å². The molecule has 0 bridgehead atoms. The lowest BCUT2D eigenvalue weighted by Crippen LogP contribution is -1.96. The van der Waals surface area contributed by atoms with Crippen LogP contribution in [-0.4, -0.2) is 21.4 Å². The second-order valence-corrected chi connectivity index (χ2v) is 2.23. The van der Waals surface area contributed by atoms with Crippen LogP contribution in [0.15, 0.2) is 18.5 Å². The maximum absolute atomic E-state index is 10.1. The molecule has 5 heteroatoms. The Morgan fingerprint density at radius 1 is 1.50 bits per heavy atom. The first-order valence-electron chi connectivity index (χ1n) is 3.40. The summed E-state index contributed by atoms with van der Waals surface area (Å²) < 4.78 is 0. The van der Waals surface area contributed by atoms with E-state index in [4.69, 9.17) is 0 Å². The molecule has 12 heavy (non-hydrogen) atoms. The van der Waals surface area contributed by atoms with Gasteiger partial charge in [-0.2, -0.15) is 0 Å². The van der Waals surface area contributed by atoms with Crippen LogP contribution in [0.5, 0.6) is 0 Å². The van der Waals surface area contributed by atoms with Crippen LogP contribution in [0.4, 0.5) is 5.82 Å². The van der Waals surface area contributed by atoms with E-state index >= 15 is 0 Å². The van der Waals surface area contributed by atoms with Gasteiger partial charge in [-0.25, -0.2) is 9.97 Å². The van der Waals surface area contributed by atoms with Gasteiger partial charge in [0.1, 0.15) is 5.82 Å². The van der Waals surface area contributed by atoms with Crippen LogP contribution in [0.25, 0.3) is 11.2 Å². The standard InChI is InChI=1S/C7H6N4O/c12-4-10-6-2-1-5-7(11-6)9-3-8-5/h1-4H,(H2,8,9,10,11,12). The number of hydrogen-bond acceptors (Lipinski definition) is 3. The predicted octanol–water partition coefficient (Wildman–Crippen LogP) is 0.526. The number of carbonyl (C=O) groups excluding carboxylic acids is 1. The number of rotatable bonds is 2. The van der Waals surface area contributed by atoms with E-state index in [0.717, 1.165) is 5.52 Å². The van der Waals surface area contributed by atoms with Gasteiger partial charge in [0.25, 0.3) is 0 Å². The lowest BCUT2D eigenvalue weighted by atomic mass is 10.4. The molecular weight excluding hydrogens is 156 g/mol. The number of fused-ring (bicyclic) bond motifs is 1. The quantitative estimate of drug-likeness (QED) is 0.632. The van der Waals surface area contributed by atoms with E-state index in [1.54, 1.807) is 18.5 Å². The molecular formula is C7H6N4O. The number of hydrogen-bond donors (Lipinski definition) is 2. The average molecular weight is 162 g/mol. The number of carbonyl (C=O) groups is 1. The number of pyridine rings is 1. The smallest absolute Gasteiger partial charge is 0.212 e. The van der Waals surface area contributed by atoms with Crippen molar-refractivity contribution in [2.75, 3.05) is 5.32 Å². The molecule has 0 saturated heterocycles. The van der Waals surface area contributed by atoms with E-state index in [2.05, 4.69) is 20.3 Å². The lowest BCUT2D eigenvalue weighted by molar-refractivity contribution is -0.105. The fourth-order valence-electron chi connectivity index (χ4n) is 0.963. The zero-order valence-corrected chi connectivity index (χ0v) is 6.11. The highest BCUT2D eigenvalue weighted by atomic mass is 16.1. The minimum atomic E-state index is 0.504. The largest absolute Gasteiger partial charge is 0.343 e. The molecule has 0 radical (unpaired) electrons. The number of aromatic amines is 1. The SMILES string of the molecule is O=CNc1ccc2[nH]cnc2n1. The molecule has 0 aliphatic carbocycles. The molecule has 0 aliphatic rings. The molecule has 0 spiro atoms. The first kappa shape index (κ1) is 6.78. The Kier molecular flexibility index (Phi) is 1.48. The second-order valence-electron chi connectivity index (χ2n) is 2.23. The van der Waals surface area contributed by atoms with Crippen molar-refractivity contribution in [2.24, 2.45) is 0 Å². The lowest BCUT2D eigenvalue weighted by Gasteiger charge is -1.94. The topological polar surface area (TPSA) is 70.7 Å². The molecule has 2 heterocycles. The molecule has 5 nitrogen and oxygen atoms in total. The van der Waals surface area contributed by atoms with Crippen molar-refractivity contribution < 1.29 is 4.79 Å². The van der Waals surface area contributed by atoms with E-state index in [1.807, 2.05) is 0 Å². The highest BCUT2D eigenvalue weighted by Gasteiger charge is 1.97. The normalized spacial score (nSPS) is 10.0. The summed E-state index contributed by atoms with van der Waals surface area (Å²) in [6.45, 7) is 0. The van der Waals surface area contributed by atoms with Crippen molar-refractivity contribution in [3.63, 3.8) is 0 Å². The van der Waals surface area contributed by atoms with Crippen LogP contribution >= 0.6 is 0 Å². The fraction of sp³-hybridized carbons (Fsp3) is 0. The van der Waals surface area contributed by atoms with Crippen LogP contribution in [0.3, 0.4) is 0 Å². The van der Waals surface area contributed by atoms with Crippen LogP contribution in [0.1, 0.15) is 0 Å². The molecule has 0 unspecified atom stereocenters. The van der Waals surface area contributed by atoms with E-state index in [1.165, 1.54) is 0 Å². The van der Waals surface area contributed by atoms with Gasteiger partial charge in [-0.05, 0) is 12.1 Å². The monoisotopic (exact) mass is 162 g/mol. The summed E-state index contributed by atoms with van der Waals surface area (Å²) in [5.74, 6) is 0.504. The summed E-state index contributed by atoms with van der Waals surface area (Å²) in [5.41, 5.74) is 1.45. The third-order valence-electron chi connectivity index (χ3n) is 1.49. The van der Waals surface area contributed by atoms with Gasteiger partial charge in [0, 0.05) is 0 Å². The van der Waals surface area contributed by atoms with Crippen molar-refractivity contribution in [1.82, 2.24) is 15.0 Å². The number of anilines is 1. The van der Waals surface area contributed by atoms with Crippen molar-refractivity contribution in [3.05, 3.63) is 18.5 Å². The second kappa shape index (κ2) is 2.61. The molecule has 1 amide bonds.